The maximum atomic E-state index is 9.70. The minimum absolute atomic E-state index is 0.170. The minimum Gasteiger partial charge on any atom is -0.394 e. The van der Waals surface area contributed by atoms with Crippen LogP contribution in [-0.2, 0) is 4.74 Å². The van der Waals surface area contributed by atoms with Crippen molar-refractivity contribution in [2.45, 2.75) is 24.9 Å². The van der Waals surface area contributed by atoms with Crippen molar-refractivity contribution in [2.24, 2.45) is 0 Å². The van der Waals surface area contributed by atoms with E-state index in [-0.39, 0.29) is 12.8 Å². The number of hydrogen-bond acceptors (Lipinski definition) is 4. The van der Waals surface area contributed by atoms with Crippen LogP contribution in [0.25, 0.3) is 10.9 Å². The van der Waals surface area contributed by atoms with E-state index in [0.29, 0.717) is 6.42 Å². The van der Waals surface area contributed by atoms with Crippen LogP contribution >= 0.6 is 0 Å². The summed E-state index contributed by atoms with van der Waals surface area (Å²) >= 11 is 0. The Morgan fingerprint density at radius 1 is 1.41 bits per heavy atom. The molecular weight excluding hydrogens is 220 g/mol. The lowest BCUT2D eigenvalue weighted by atomic mass is 10.2. The average molecular weight is 234 g/mol. The van der Waals surface area contributed by atoms with E-state index in [1.807, 2.05) is 24.3 Å². The van der Waals surface area contributed by atoms with Gasteiger partial charge in [-0.15, -0.1) is 0 Å². The third-order valence-corrected chi connectivity index (χ3v) is 3.16. The predicted octanol–water partition coefficient (Wildman–Crippen LogP) is 0.677. The van der Waals surface area contributed by atoms with Gasteiger partial charge >= 0.3 is 0 Å². The Bertz CT molecular complexity index is 525. The molecule has 90 valence electrons. The molecule has 1 aromatic heterocycles. The van der Waals surface area contributed by atoms with Gasteiger partial charge in [-0.1, -0.05) is 18.2 Å². The number of aliphatic hydroxyl groups excluding tert-OH is 2. The Labute approximate surface area is 98.2 Å². The number of aromatic nitrogens is 2. The van der Waals surface area contributed by atoms with Crippen LogP contribution in [0.4, 0.5) is 0 Å². The predicted molar refractivity (Wildman–Crippen MR) is 61.4 cm³/mol. The van der Waals surface area contributed by atoms with Gasteiger partial charge in [-0.25, -0.2) is 4.68 Å². The van der Waals surface area contributed by atoms with Crippen LogP contribution in [0.1, 0.15) is 12.6 Å². The molecule has 17 heavy (non-hydrogen) atoms. The minimum atomic E-state index is -0.632. The molecule has 1 saturated heterocycles. The van der Waals surface area contributed by atoms with Gasteiger partial charge in [-0.3, -0.25) is 0 Å². The van der Waals surface area contributed by atoms with Crippen molar-refractivity contribution < 1.29 is 14.9 Å². The number of hydrogen-bond donors (Lipinski definition) is 2. The fraction of sp³-hybridized carbons (Fsp3) is 0.417. The molecule has 0 saturated carbocycles. The van der Waals surface area contributed by atoms with Crippen molar-refractivity contribution >= 4 is 10.9 Å². The van der Waals surface area contributed by atoms with E-state index in [1.165, 1.54) is 0 Å². The van der Waals surface area contributed by atoms with Gasteiger partial charge in [0.2, 0.25) is 0 Å². The molecule has 1 aliphatic heterocycles. The first kappa shape index (κ1) is 10.7. The van der Waals surface area contributed by atoms with Gasteiger partial charge in [-0.05, 0) is 6.07 Å². The molecule has 0 bridgehead atoms. The van der Waals surface area contributed by atoms with Crippen LogP contribution in [0.3, 0.4) is 0 Å². The SMILES string of the molecule is OC[C@H]1O[C@@H](n2ncc3ccccc32)C[C@@H]1O. The summed E-state index contributed by atoms with van der Waals surface area (Å²) in [5.74, 6) is 0. The van der Waals surface area contributed by atoms with Gasteiger partial charge in [-0.2, -0.15) is 5.10 Å². The molecule has 0 radical (unpaired) electrons. The number of rotatable bonds is 2. The average Bonchev–Trinajstić information content (AvgIpc) is 2.92. The van der Waals surface area contributed by atoms with Crippen molar-refractivity contribution in [3.8, 4) is 0 Å². The summed E-state index contributed by atoms with van der Waals surface area (Å²) < 4.78 is 7.33. The van der Waals surface area contributed by atoms with Gasteiger partial charge in [0, 0.05) is 11.8 Å². The molecule has 0 amide bonds. The number of aliphatic hydroxyl groups is 2. The van der Waals surface area contributed by atoms with Crippen LogP contribution < -0.4 is 0 Å². The van der Waals surface area contributed by atoms with E-state index in [2.05, 4.69) is 5.10 Å². The van der Waals surface area contributed by atoms with Gasteiger partial charge in [0.05, 0.1) is 24.4 Å². The van der Waals surface area contributed by atoms with E-state index in [1.54, 1.807) is 10.9 Å². The first-order valence-corrected chi connectivity index (χ1v) is 5.66. The Morgan fingerprint density at radius 3 is 3.00 bits per heavy atom. The first-order chi connectivity index (χ1) is 8.29. The second kappa shape index (κ2) is 4.10. The Morgan fingerprint density at radius 2 is 2.24 bits per heavy atom. The number of benzene rings is 1. The highest BCUT2D eigenvalue weighted by molar-refractivity contribution is 5.78. The van der Waals surface area contributed by atoms with Crippen LogP contribution in [0.15, 0.2) is 30.5 Å². The number of para-hydroxylation sites is 1. The third-order valence-electron chi connectivity index (χ3n) is 3.16. The van der Waals surface area contributed by atoms with Crippen molar-refractivity contribution in [1.82, 2.24) is 9.78 Å². The summed E-state index contributed by atoms with van der Waals surface area (Å²) in [4.78, 5) is 0. The molecular formula is C12H14N2O3. The Kier molecular flexibility index (Phi) is 2.58. The highest BCUT2D eigenvalue weighted by Gasteiger charge is 2.35. The quantitative estimate of drug-likeness (QED) is 0.801. The normalized spacial score (nSPS) is 28.9. The maximum Gasteiger partial charge on any atom is 0.154 e. The fourth-order valence-corrected chi connectivity index (χ4v) is 2.25. The van der Waals surface area contributed by atoms with Crippen LogP contribution in [0, 0.1) is 0 Å². The van der Waals surface area contributed by atoms with Crippen molar-refractivity contribution in [3.05, 3.63) is 30.5 Å². The van der Waals surface area contributed by atoms with Gasteiger partial charge in [0.25, 0.3) is 0 Å². The highest BCUT2D eigenvalue weighted by atomic mass is 16.5. The summed E-state index contributed by atoms with van der Waals surface area (Å²) in [5.41, 5.74) is 0.975. The summed E-state index contributed by atoms with van der Waals surface area (Å²) in [5, 5.41) is 24.1. The van der Waals surface area contributed by atoms with Crippen LogP contribution in [0.5, 0.6) is 0 Å². The van der Waals surface area contributed by atoms with E-state index in [9.17, 15) is 5.11 Å². The van der Waals surface area contributed by atoms with Gasteiger partial charge < -0.3 is 14.9 Å². The van der Waals surface area contributed by atoms with Crippen LogP contribution in [0.2, 0.25) is 0 Å². The molecule has 1 aromatic carbocycles. The second-order valence-electron chi connectivity index (χ2n) is 4.26. The Hall–Kier alpha value is -1.43. The monoisotopic (exact) mass is 234 g/mol. The molecule has 1 aliphatic rings. The summed E-state index contributed by atoms with van der Waals surface area (Å²) in [7, 11) is 0. The van der Waals surface area contributed by atoms with E-state index < -0.39 is 12.2 Å². The van der Waals surface area contributed by atoms with Gasteiger partial charge in [0.1, 0.15) is 6.10 Å². The van der Waals surface area contributed by atoms with E-state index >= 15 is 0 Å². The van der Waals surface area contributed by atoms with E-state index in [4.69, 9.17) is 9.84 Å². The Balaban J connectivity index is 1.95. The largest absolute Gasteiger partial charge is 0.394 e. The summed E-state index contributed by atoms with van der Waals surface area (Å²) in [6.07, 6.45) is 0.784. The summed E-state index contributed by atoms with van der Waals surface area (Å²) in [6.45, 7) is -0.170. The molecule has 5 heteroatoms. The number of nitrogens with zero attached hydrogens (tertiary/aromatic N) is 2. The maximum absolute atomic E-state index is 9.70. The fourth-order valence-electron chi connectivity index (χ4n) is 2.25. The number of ether oxygens (including phenoxy) is 1. The molecule has 1 fully saturated rings. The molecule has 3 rings (SSSR count). The van der Waals surface area contributed by atoms with E-state index in [0.717, 1.165) is 10.9 Å². The third kappa shape index (κ3) is 1.72. The zero-order chi connectivity index (χ0) is 11.8. The van der Waals surface area contributed by atoms with Crippen molar-refractivity contribution in [2.75, 3.05) is 6.61 Å². The molecule has 2 heterocycles. The topological polar surface area (TPSA) is 67.5 Å². The van der Waals surface area contributed by atoms with Crippen molar-refractivity contribution in [1.29, 1.82) is 0 Å². The molecule has 3 atom stereocenters. The lowest BCUT2D eigenvalue weighted by molar-refractivity contribution is -0.0468. The van der Waals surface area contributed by atoms with Gasteiger partial charge in [0.15, 0.2) is 6.23 Å². The smallest absolute Gasteiger partial charge is 0.154 e. The molecule has 0 unspecified atom stereocenters. The summed E-state index contributed by atoms with van der Waals surface area (Å²) in [6, 6.07) is 7.84. The lowest BCUT2D eigenvalue weighted by Gasteiger charge is -2.13. The zero-order valence-electron chi connectivity index (χ0n) is 9.23. The van der Waals surface area contributed by atoms with Crippen molar-refractivity contribution in [3.63, 3.8) is 0 Å². The molecule has 0 spiro atoms. The standard InChI is InChI=1S/C12H14N2O3/c15-7-11-10(16)5-12(17-11)14-9-4-2-1-3-8(9)6-13-14/h1-4,6,10-12,15-16H,5,7H2/t10-,11+,12+/m0/s1. The molecule has 2 aromatic rings. The molecule has 0 aliphatic carbocycles. The first-order valence-electron chi connectivity index (χ1n) is 5.66. The zero-order valence-corrected chi connectivity index (χ0v) is 9.23. The molecule has 5 nitrogen and oxygen atoms in total. The molecule has 2 N–H and O–H groups in total. The highest BCUT2D eigenvalue weighted by Crippen LogP contribution is 2.30. The number of fused-ring (bicyclic) bond motifs is 1. The second-order valence-corrected chi connectivity index (χ2v) is 4.26. The lowest BCUT2D eigenvalue weighted by Crippen LogP contribution is -2.24. The van der Waals surface area contributed by atoms with Crippen LogP contribution in [-0.4, -0.2) is 38.8 Å².